The number of anilines is 3. The van der Waals surface area contributed by atoms with Crippen LogP contribution in [0.15, 0.2) is 30.6 Å². The number of fused-ring (bicyclic) bond motifs is 1. The molecule has 0 aromatic carbocycles. The van der Waals surface area contributed by atoms with Crippen LogP contribution < -0.4 is 20.7 Å². The zero-order chi connectivity index (χ0) is 21.5. The third kappa shape index (κ3) is 4.60. The van der Waals surface area contributed by atoms with E-state index >= 15 is 0 Å². The Hall–Kier alpha value is -3.40. The lowest BCUT2D eigenvalue weighted by Gasteiger charge is -2.16. The average molecular weight is 413 g/mol. The highest BCUT2D eigenvalue weighted by atomic mass is 16.5. The Morgan fingerprint density at radius 2 is 2.23 bits per heavy atom. The van der Waals surface area contributed by atoms with Gasteiger partial charge in [-0.25, -0.2) is 9.97 Å². The van der Waals surface area contributed by atoms with Crippen molar-refractivity contribution in [1.29, 1.82) is 0 Å². The van der Waals surface area contributed by atoms with Crippen molar-refractivity contribution in [2.24, 2.45) is 0 Å². The number of carbonyl (C=O) groups is 1. The van der Waals surface area contributed by atoms with Crippen LogP contribution in [0, 0.1) is 0 Å². The fraction of sp³-hybridized carbons (Fsp3) is 0.400. The molecule has 10 nitrogen and oxygen atoms in total. The summed E-state index contributed by atoms with van der Waals surface area (Å²) < 4.78 is 6.86. The maximum Gasteiger partial charge on any atom is 0.256 e. The van der Waals surface area contributed by atoms with Gasteiger partial charge in [0.05, 0.1) is 13.3 Å². The van der Waals surface area contributed by atoms with Gasteiger partial charge in [-0.05, 0) is 31.4 Å². The molecule has 3 aromatic heterocycles. The number of methoxy groups -OCH3 is 1. The SMILES string of the molecule is CC[C@H](CCCO)NC(=O)c1cnn2c(NC)cc(Nc3cccnc3OC)nc12. The van der Waals surface area contributed by atoms with E-state index in [2.05, 4.69) is 31.0 Å². The van der Waals surface area contributed by atoms with Gasteiger partial charge in [0, 0.05) is 32.0 Å². The second kappa shape index (κ2) is 9.88. The molecule has 0 aliphatic heterocycles. The van der Waals surface area contributed by atoms with Gasteiger partial charge in [-0.2, -0.15) is 9.61 Å². The number of aromatic nitrogens is 4. The van der Waals surface area contributed by atoms with Crippen molar-refractivity contribution in [2.75, 3.05) is 31.4 Å². The molecule has 30 heavy (non-hydrogen) atoms. The van der Waals surface area contributed by atoms with Crippen molar-refractivity contribution >= 4 is 28.9 Å². The second-order valence-corrected chi connectivity index (χ2v) is 6.70. The molecule has 1 atom stereocenters. The van der Waals surface area contributed by atoms with E-state index in [4.69, 9.17) is 9.84 Å². The first-order chi connectivity index (χ1) is 14.6. The molecule has 4 N–H and O–H groups in total. The highest BCUT2D eigenvalue weighted by Crippen LogP contribution is 2.26. The predicted molar refractivity (Wildman–Crippen MR) is 114 cm³/mol. The minimum atomic E-state index is -0.250. The maximum absolute atomic E-state index is 12.9. The normalized spacial score (nSPS) is 11.9. The Morgan fingerprint density at radius 1 is 1.40 bits per heavy atom. The number of carbonyl (C=O) groups excluding carboxylic acids is 1. The molecule has 3 aromatic rings. The first-order valence-corrected chi connectivity index (χ1v) is 9.85. The van der Waals surface area contributed by atoms with Crippen molar-refractivity contribution in [2.45, 2.75) is 32.2 Å². The number of ether oxygens (including phenoxy) is 1. The predicted octanol–water partition coefficient (Wildman–Crippen LogP) is 2.20. The maximum atomic E-state index is 12.9. The van der Waals surface area contributed by atoms with E-state index in [1.165, 1.54) is 6.20 Å². The quantitative estimate of drug-likeness (QED) is 0.399. The van der Waals surface area contributed by atoms with Crippen LogP contribution >= 0.6 is 0 Å². The molecule has 10 heteroatoms. The van der Waals surface area contributed by atoms with Gasteiger partial charge in [-0.1, -0.05) is 6.92 Å². The van der Waals surface area contributed by atoms with E-state index in [9.17, 15) is 4.79 Å². The standard InChI is InChI=1S/C20H27N7O3/c1-4-13(7-6-10-28)24-19(29)14-12-23-27-17(21-2)11-16(26-18(14)27)25-15-8-5-9-22-20(15)30-3/h5,8-9,11-13,21,28H,4,6-7,10H2,1-3H3,(H,24,29)(H,25,26)/t13-/m1/s1. The van der Waals surface area contributed by atoms with Gasteiger partial charge < -0.3 is 25.8 Å². The smallest absolute Gasteiger partial charge is 0.256 e. The molecule has 3 heterocycles. The molecule has 1 amide bonds. The first kappa shape index (κ1) is 21.3. The molecule has 3 rings (SSSR count). The highest BCUT2D eigenvalue weighted by Gasteiger charge is 2.19. The number of amides is 1. The number of hydrogen-bond donors (Lipinski definition) is 4. The molecule has 0 spiro atoms. The summed E-state index contributed by atoms with van der Waals surface area (Å²) in [6.45, 7) is 2.10. The van der Waals surface area contributed by atoms with Crippen molar-refractivity contribution in [3.8, 4) is 5.88 Å². The Kier molecular flexibility index (Phi) is 7.02. The number of aliphatic hydroxyl groups is 1. The number of hydrogen-bond acceptors (Lipinski definition) is 8. The van der Waals surface area contributed by atoms with E-state index in [-0.39, 0.29) is 18.6 Å². The minimum Gasteiger partial charge on any atom is -0.480 e. The van der Waals surface area contributed by atoms with Crippen LogP contribution in [0.2, 0.25) is 0 Å². The largest absolute Gasteiger partial charge is 0.480 e. The molecule has 0 saturated heterocycles. The average Bonchev–Trinajstić information content (AvgIpc) is 3.20. The molecular weight excluding hydrogens is 386 g/mol. The van der Waals surface area contributed by atoms with Crippen LogP contribution in [0.1, 0.15) is 36.5 Å². The van der Waals surface area contributed by atoms with Crippen molar-refractivity contribution in [1.82, 2.24) is 24.9 Å². The fourth-order valence-corrected chi connectivity index (χ4v) is 3.13. The lowest BCUT2D eigenvalue weighted by atomic mass is 10.1. The summed E-state index contributed by atoms with van der Waals surface area (Å²) in [5.74, 6) is 1.36. The number of pyridine rings is 1. The summed E-state index contributed by atoms with van der Waals surface area (Å²) >= 11 is 0. The van der Waals surface area contributed by atoms with E-state index in [1.54, 1.807) is 37.0 Å². The van der Waals surface area contributed by atoms with E-state index in [1.807, 2.05) is 13.0 Å². The molecule has 0 radical (unpaired) electrons. The molecule has 0 aliphatic rings. The summed E-state index contributed by atoms with van der Waals surface area (Å²) in [5.41, 5.74) is 1.44. The number of rotatable bonds is 10. The minimum absolute atomic E-state index is 0.0238. The van der Waals surface area contributed by atoms with Gasteiger partial charge in [0.2, 0.25) is 5.88 Å². The number of nitrogens with zero attached hydrogens (tertiary/aromatic N) is 4. The number of aliphatic hydroxyl groups excluding tert-OH is 1. The van der Waals surface area contributed by atoms with Crippen LogP contribution in [-0.2, 0) is 0 Å². The molecule has 0 aliphatic carbocycles. The topological polar surface area (TPSA) is 126 Å². The third-order valence-electron chi connectivity index (χ3n) is 4.74. The van der Waals surface area contributed by atoms with Crippen molar-refractivity contribution in [3.05, 3.63) is 36.2 Å². The zero-order valence-corrected chi connectivity index (χ0v) is 17.3. The van der Waals surface area contributed by atoms with E-state index in [0.717, 1.165) is 6.42 Å². The molecular formula is C20H27N7O3. The van der Waals surface area contributed by atoms with E-state index < -0.39 is 0 Å². The molecule has 0 saturated carbocycles. The summed E-state index contributed by atoms with van der Waals surface area (Å²) in [7, 11) is 3.32. The Balaban J connectivity index is 1.93. The van der Waals surface area contributed by atoms with Crippen LogP contribution in [0.4, 0.5) is 17.3 Å². The molecule has 160 valence electrons. The first-order valence-electron chi connectivity index (χ1n) is 9.85. The number of nitrogens with one attached hydrogen (secondary N) is 3. The Bertz CT molecular complexity index is 1010. The van der Waals surface area contributed by atoms with Gasteiger partial charge in [0.1, 0.15) is 22.9 Å². The summed E-state index contributed by atoms with van der Waals surface area (Å²) in [5, 5.41) is 22.6. The molecule has 0 fully saturated rings. The summed E-state index contributed by atoms with van der Waals surface area (Å²) in [6, 6.07) is 5.37. The van der Waals surface area contributed by atoms with Gasteiger partial charge in [0.15, 0.2) is 5.65 Å². The summed E-state index contributed by atoms with van der Waals surface area (Å²) in [4.78, 5) is 21.7. The molecule has 0 bridgehead atoms. The third-order valence-corrected chi connectivity index (χ3v) is 4.74. The monoisotopic (exact) mass is 413 g/mol. The van der Waals surface area contributed by atoms with Gasteiger partial charge in [-0.3, -0.25) is 4.79 Å². The van der Waals surface area contributed by atoms with Crippen molar-refractivity contribution < 1.29 is 14.6 Å². The zero-order valence-electron chi connectivity index (χ0n) is 17.3. The van der Waals surface area contributed by atoms with Gasteiger partial charge in [0.25, 0.3) is 5.91 Å². The Morgan fingerprint density at radius 3 is 2.93 bits per heavy atom. The molecule has 0 unspecified atom stereocenters. The highest BCUT2D eigenvalue weighted by molar-refractivity contribution is 6.00. The van der Waals surface area contributed by atoms with Gasteiger partial charge in [-0.15, -0.1) is 0 Å². The van der Waals surface area contributed by atoms with Crippen LogP contribution in [0.25, 0.3) is 5.65 Å². The second-order valence-electron chi connectivity index (χ2n) is 6.70. The van der Waals surface area contributed by atoms with Crippen LogP contribution in [0.5, 0.6) is 5.88 Å². The van der Waals surface area contributed by atoms with Gasteiger partial charge >= 0.3 is 0 Å². The lowest BCUT2D eigenvalue weighted by Crippen LogP contribution is -2.34. The van der Waals surface area contributed by atoms with Crippen LogP contribution in [-0.4, -0.2) is 57.4 Å². The van der Waals surface area contributed by atoms with Crippen molar-refractivity contribution in [3.63, 3.8) is 0 Å². The summed E-state index contributed by atoms with van der Waals surface area (Å²) in [6.07, 6.45) is 5.26. The van der Waals surface area contributed by atoms with E-state index in [0.29, 0.717) is 47.3 Å². The lowest BCUT2D eigenvalue weighted by molar-refractivity contribution is 0.0933. The fourth-order valence-electron chi connectivity index (χ4n) is 3.13. The Labute approximate surface area is 174 Å². The van der Waals surface area contributed by atoms with Crippen LogP contribution in [0.3, 0.4) is 0 Å².